The van der Waals surface area contributed by atoms with Crippen molar-refractivity contribution in [1.29, 1.82) is 0 Å². The van der Waals surface area contributed by atoms with Gasteiger partial charge in [-0.05, 0) is 36.4 Å². The van der Waals surface area contributed by atoms with E-state index in [0.717, 1.165) is 59.2 Å². The SMILES string of the molecule is Nc1ccccc1NC(=O)c1ccc(Nc2ncc(-c3cnc4cccc(CN5CCOCC5)n34)s2)s1. The number of ether oxygens (including phenoxy) is 1. The first kappa shape index (κ1) is 23.6. The first-order valence-corrected chi connectivity index (χ1v) is 13.5. The molecule has 6 rings (SSSR count). The molecule has 1 fully saturated rings. The molecule has 0 bridgehead atoms. The van der Waals surface area contributed by atoms with Gasteiger partial charge in [0.25, 0.3) is 5.91 Å². The number of nitrogen functional groups attached to an aromatic ring is 1. The molecular formula is C26H25N7O2S2. The number of hydrogen-bond donors (Lipinski definition) is 3. The number of nitrogens with zero attached hydrogens (tertiary/aromatic N) is 4. The predicted octanol–water partition coefficient (Wildman–Crippen LogP) is 4.93. The summed E-state index contributed by atoms with van der Waals surface area (Å²) in [6.07, 6.45) is 3.76. The van der Waals surface area contributed by atoms with E-state index in [9.17, 15) is 4.79 Å². The highest BCUT2D eigenvalue weighted by atomic mass is 32.1. The highest BCUT2D eigenvalue weighted by Gasteiger charge is 2.17. The van der Waals surface area contributed by atoms with Gasteiger partial charge in [0.2, 0.25) is 0 Å². The maximum absolute atomic E-state index is 12.7. The molecule has 1 aromatic carbocycles. The van der Waals surface area contributed by atoms with Crippen LogP contribution in [0.4, 0.5) is 21.5 Å². The molecule has 5 heterocycles. The molecule has 0 saturated carbocycles. The number of anilines is 4. The third-order valence-electron chi connectivity index (χ3n) is 6.13. The van der Waals surface area contributed by atoms with Crippen LogP contribution in [0.5, 0.6) is 0 Å². The molecule has 11 heteroatoms. The van der Waals surface area contributed by atoms with Gasteiger partial charge in [0.05, 0.1) is 51.2 Å². The normalized spacial score (nSPS) is 14.2. The number of nitrogens with one attached hydrogen (secondary N) is 2. The van der Waals surface area contributed by atoms with Crippen molar-refractivity contribution in [2.45, 2.75) is 6.54 Å². The molecule has 0 spiro atoms. The average molecular weight is 532 g/mol. The van der Waals surface area contributed by atoms with Crippen LogP contribution in [0.3, 0.4) is 0 Å². The molecule has 1 saturated heterocycles. The number of amides is 1. The molecule has 4 N–H and O–H groups in total. The van der Waals surface area contributed by atoms with Crippen molar-refractivity contribution in [3.63, 3.8) is 0 Å². The first-order valence-electron chi connectivity index (χ1n) is 11.9. The standard InChI is InChI=1S/C26H25N7O2S2/c27-18-5-1-2-6-19(18)30-25(34)21-8-9-24(36-21)31-26-29-15-22(37-26)20-14-28-23-7-3-4-17(33(20)23)16-32-10-12-35-13-11-32/h1-9,14-15H,10-13,16,27H2,(H,29,31)(H,30,34). The molecule has 1 aliphatic rings. The van der Waals surface area contributed by atoms with Gasteiger partial charge in [-0.25, -0.2) is 9.97 Å². The van der Waals surface area contributed by atoms with Gasteiger partial charge in [-0.15, -0.1) is 11.3 Å². The Morgan fingerprint density at radius 3 is 2.73 bits per heavy atom. The number of hydrogen-bond acceptors (Lipinski definition) is 9. The Balaban J connectivity index is 1.19. The topological polar surface area (TPSA) is 110 Å². The molecule has 188 valence electrons. The summed E-state index contributed by atoms with van der Waals surface area (Å²) in [5.74, 6) is -0.200. The van der Waals surface area contributed by atoms with Gasteiger partial charge in [-0.1, -0.05) is 29.5 Å². The van der Waals surface area contributed by atoms with E-state index in [0.29, 0.717) is 16.3 Å². The van der Waals surface area contributed by atoms with Crippen LogP contribution in [0.25, 0.3) is 16.2 Å². The summed E-state index contributed by atoms with van der Waals surface area (Å²) < 4.78 is 7.70. The monoisotopic (exact) mass is 531 g/mol. The van der Waals surface area contributed by atoms with E-state index in [-0.39, 0.29) is 5.91 Å². The van der Waals surface area contributed by atoms with E-state index in [1.807, 2.05) is 36.7 Å². The van der Waals surface area contributed by atoms with E-state index in [2.05, 4.69) is 42.0 Å². The van der Waals surface area contributed by atoms with Crippen molar-refractivity contribution in [2.75, 3.05) is 42.7 Å². The number of pyridine rings is 1. The maximum Gasteiger partial charge on any atom is 0.265 e. The fourth-order valence-corrected chi connectivity index (χ4v) is 5.96. The van der Waals surface area contributed by atoms with Gasteiger partial charge in [0.1, 0.15) is 5.65 Å². The van der Waals surface area contributed by atoms with Crippen LogP contribution in [-0.4, -0.2) is 51.5 Å². The Labute approximate surface area is 221 Å². The number of fused-ring (bicyclic) bond motifs is 1. The largest absolute Gasteiger partial charge is 0.397 e. The molecule has 0 aliphatic carbocycles. The highest BCUT2D eigenvalue weighted by Crippen LogP contribution is 2.34. The second-order valence-electron chi connectivity index (χ2n) is 8.60. The summed E-state index contributed by atoms with van der Waals surface area (Å²) in [6.45, 7) is 4.22. The van der Waals surface area contributed by atoms with Crippen molar-refractivity contribution in [2.24, 2.45) is 0 Å². The molecule has 0 atom stereocenters. The smallest absolute Gasteiger partial charge is 0.265 e. The average Bonchev–Trinajstić information content (AvgIpc) is 3.67. The summed E-state index contributed by atoms with van der Waals surface area (Å²) in [7, 11) is 0. The molecule has 9 nitrogen and oxygen atoms in total. The Morgan fingerprint density at radius 1 is 1.00 bits per heavy atom. The van der Waals surface area contributed by atoms with Gasteiger partial charge in [0, 0.05) is 31.5 Å². The minimum absolute atomic E-state index is 0.200. The number of imidazole rings is 1. The summed E-state index contributed by atoms with van der Waals surface area (Å²) in [5.41, 5.74) is 10.2. The second-order valence-corrected chi connectivity index (χ2v) is 10.7. The van der Waals surface area contributed by atoms with Crippen molar-refractivity contribution >= 4 is 55.7 Å². The predicted molar refractivity (Wildman–Crippen MR) is 149 cm³/mol. The van der Waals surface area contributed by atoms with E-state index in [1.54, 1.807) is 29.5 Å². The molecule has 0 unspecified atom stereocenters. The van der Waals surface area contributed by atoms with Gasteiger partial charge in [-0.3, -0.25) is 14.1 Å². The minimum atomic E-state index is -0.200. The lowest BCUT2D eigenvalue weighted by atomic mass is 10.2. The van der Waals surface area contributed by atoms with Gasteiger partial charge >= 0.3 is 0 Å². The molecule has 1 aliphatic heterocycles. The molecular weight excluding hydrogens is 506 g/mol. The number of carbonyl (C=O) groups excluding carboxylic acids is 1. The van der Waals surface area contributed by atoms with Crippen LogP contribution in [0.1, 0.15) is 15.4 Å². The minimum Gasteiger partial charge on any atom is -0.397 e. The summed E-state index contributed by atoms with van der Waals surface area (Å²) >= 11 is 2.91. The molecule has 37 heavy (non-hydrogen) atoms. The number of benzene rings is 1. The van der Waals surface area contributed by atoms with Gasteiger partial charge in [0.15, 0.2) is 5.13 Å². The summed E-state index contributed by atoms with van der Waals surface area (Å²) in [6, 6.07) is 17.1. The summed E-state index contributed by atoms with van der Waals surface area (Å²) in [5, 5.41) is 7.78. The zero-order valence-electron chi connectivity index (χ0n) is 19.9. The lowest BCUT2D eigenvalue weighted by Gasteiger charge is -2.27. The van der Waals surface area contributed by atoms with Crippen LogP contribution in [0, 0.1) is 0 Å². The molecule has 5 aromatic rings. The van der Waals surface area contributed by atoms with Crippen LogP contribution < -0.4 is 16.4 Å². The Bertz CT molecular complexity index is 1550. The Morgan fingerprint density at radius 2 is 1.86 bits per heavy atom. The number of thiazole rings is 1. The van der Waals surface area contributed by atoms with Crippen LogP contribution in [-0.2, 0) is 11.3 Å². The Kier molecular flexibility index (Phi) is 6.58. The van der Waals surface area contributed by atoms with E-state index >= 15 is 0 Å². The number of rotatable bonds is 7. The fourth-order valence-electron chi connectivity index (χ4n) is 4.27. The number of nitrogens with two attached hydrogens (primary N) is 1. The van der Waals surface area contributed by atoms with Gasteiger partial charge in [-0.2, -0.15) is 0 Å². The number of carbonyl (C=O) groups is 1. The lowest BCUT2D eigenvalue weighted by molar-refractivity contribution is 0.0335. The van der Waals surface area contributed by atoms with Crippen molar-refractivity contribution in [3.05, 3.63) is 77.6 Å². The lowest BCUT2D eigenvalue weighted by Crippen LogP contribution is -2.36. The van der Waals surface area contributed by atoms with Gasteiger partial charge < -0.3 is 21.1 Å². The first-order chi connectivity index (χ1) is 18.1. The third kappa shape index (κ3) is 5.07. The number of morpholine rings is 1. The number of aromatic nitrogens is 3. The van der Waals surface area contributed by atoms with Crippen LogP contribution >= 0.6 is 22.7 Å². The summed E-state index contributed by atoms with van der Waals surface area (Å²) in [4.78, 5) is 25.9. The molecule has 1 amide bonds. The highest BCUT2D eigenvalue weighted by molar-refractivity contribution is 7.20. The van der Waals surface area contributed by atoms with Crippen LogP contribution in [0.2, 0.25) is 0 Å². The maximum atomic E-state index is 12.7. The number of thiophene rings is 1. The van der Waals surface area contributed by atoms with E-state index < -0.39 is 0 Å². The van der Waals surface area contributed by atoms with Crippen molar-refractivity contribution in [1.82, 2.24) is 19.3 Å². The Hall–Kier alpha value is -3.77. The zero-order chi connectivity index (χ0) is 25.2. The van der Waals surface area contributed by atoms with E-state index in [1.165, 1.54) is 17.0 Å². The third-order valence-corrected chi connectivity index (χ3v) is 8.06. The molecule has 4 aromatic heterocycles. The number of para-hydroxylation sites is 2. The van der Waals surface area contributed by atoms with Crippen LogP contribution in [0.15, 0.2) is 67.0 Å². The zero-order valence-corrected chi connectivity index (χ0v) is 21.5. The van der Waals surface area contributed by atoms with Crippen molar-refractivity contribution < 1.29 is 9.53 Å². The molecule has 0 radical (unpaired) electrons. The van der Waals surface area contributed by atoms with E-state index in [4.69, 9.17) is 10.5 Å². The van der Waals surface area contributed by atoms with Crippen molar-refractivity contribution in [3.8, 4) is 10.6 Å². The quantitative estimate of drug-likeness (QED) is 0.256. The second kappa shape index (κ2) is 10.3. The fraction of sp³-hybridized carbons (Fsp3) is 0.192.